The van der Waals surface area contributed by atoms with Gasteiger partial charge in [0.15, 0.2) is 0 Å². The second-order valence-electron chi connectivity index (χ2n) is 5.07. The summed E-state index contributed by atoms with van der Waals surface area (Å²) < 4.78 is 5.45. The van der Waals surface area contributed by atoms with E-state index in [4.69, 9.17) is 4.42 Å². The molecular formula is C17H11N3O3. The van der Waals surface area contributed by atoms with Crippen molar-refractivity contribution >= 4 is 16.6 Å². The Kier molecular flexibility index (Phi) is 2.94. The van der Waals surface area contributed by atoms with E-state index in [9.17, 15) is 10.1 Å². The second-order valence-corrected chi connectivity index (χ2v) is 5.07. The number of nitrogens with one attached hydrogen (secondary N) is 1. The van der Waals surface area contributed by atoms with E-state index in [0.717, 1.165) is 33.5 Å². The molecule has 0 atom stereocenters. The molecule has 23 heavy (non-hydrogen) atoms. The number of nitro groups is 1. The lowest BCUT2D eigenvalue weighted by Crippen LogP contribution is -1.90. The van der Waals surface area contributed by atoms with Gasteiger partial charge in [0.05, 0.1) is 28.0 Å². The van der Waals surface area contributed by atoms with Gasteiger partial charge in [0, 0.05) is 35.5 Å². The number of rotatable bonds is 3. The van der Waals surface area contributed by atoms with Gasteiger partial charge in [-0.15, -0.1) is 0 Å². The van der Waals surface area contributed by atoms with Crippen LogP contribution in [0.25, 0.3) is 33.5 Å². The van der Waals surface area contributed by atoms with Gasteiger partial charge in [-0.05, 0) is 30.3 Å². The number of nitrogens with zero attached hydrogens (tertiary/aromatic N) is 2. The fraction of sp³-hybridized carbons (Fsp3) is 0. The number of hydrogen-bond donors (Lipinski definition) is 1. The van der Waals surface area contributed by atoms with Gasteiger partial charge in [-0.25, -0.2) is 0 Å². The van der Waals surface area contributed by atoms with Crippen molar-refractivity contribution in [1.29, 1.82) is 0 Å². The van der Waals surface area contributed by atoms with E-state index in [0.29, 0.717) is 0 Å². The Labute approximate surface area is 130 Å². The maximum Gasteiger partial charge on any atom is 0.269 e. The molecule has 0 bridgehead atoms. The third kappa shape index (κ3) is 2.17. The van der Waals surface area contributed by atoms with E-state index >= 15 is 0 Å². The van der Waals surface area contributed by atoms with Crippen LogP contribution in [0.15, 0.2) is 65.5 Å². The van der Waals surface area contributed by atoms with E-state index in [-0.39, 0.29) is 5.69 Å². The standard InChI is InChI=1S/C17H11N3O3/c21-20(22)12-5-3-11(4-6-12)16-13-7-8-18-17(13)14(10-19-16)15-2-1-9-23-15/h1-10,18H. The molecule has 0 amide bonds. The summed E-state index contributed by atoms with van der Waals surface area (Å²) in [5.41, 5.74) is 3.45. The number of pyridine rings is 1. The first kappa shape index (κ1) is 13.3. The summed E-state index contributed by atoms with van der Waals surface area (Å²) in [6.45, 7) is 0. The van der Waals surface area contributed by atoms with Crippen molar-refractivity contribution < 1.29 is 9.34 Å². The van der Waals surface area contributed by atoms with Crippen LogP contribution < -0.4 is 0 Å². The molecular weight excluding hydrogens is 294 g/mol. The summed E-state index contributed by atoms with van der Waals surface area (Å²) in [6, 6.07) is 12.0. The molecule has 6 heteroatoms. The lowest BCUT2D eigenvalue weighted by molar-refractivity contribution is -0.384. The first-order valence-corrected chi connectivity index (χ1v) is 6.99. The number of furan rings is 1. The predicted octanol–water partition coefficient (Wildman–Crippen LogP) is 4.40. The molecule has 4 aromatic rings. The maximum atomic E-state index is 10.8. The first-order chi connectivity index (χ1) is 11.2. The van der Waals surface area contributed by atoms with Crippen LogP contribution in [0.2, 0.25) is 0 Å². The number of hydrogen-bond acceptors (Lipinski definition) is 4. The lowest BCUT2D eigenvalue weighted by atomic mass is 10.0. The van der Waals surface area contributed by atoms with Gasteiger partial charge >= 0.3 is 0 Å². The van der Waals surface area contributed by atoms with Crippen molar-refractivity contribution in [2.75, 3.05) is 0 Å². The van der Waals surface area contributed by atoms with Crippen molar-refractivity contribution in [2.24, 2.45) is 0 Å². The molecule has 0 radical (unpaired) electrons. The third-order valence-electron chi connectivity index (χ3n) is 3.73. The molecule has 0 aliphatic carbocycles. The highest BCUT2D eigenvalue weighted by Gasteiger charge is 2.14. The summed E-state index contributed by atoms with van der Waals surface area (Å²) in [5.74, 6) is 0.736. The number of fused-ring (bicyclic) bond motifs is 1. The summed E-state index contributed by atoms with van der Waals surface area (Å²) in [4.78, 5) is 18.1. The van der Waals surface area contributed by atoms with Crippen LogP contribution in [-0.4, -0.2) is 14.9 Å². The zero-order valence-corrected chi connectivity index (χ0v) is 11.9. The van der Waals surface area contributed by atoms with Gasteiger partial charge < -0.3 is 9.40 Å². The quantitative estimate of drug-likeness (QED) is 0.449. The van der Waals surface area contributed by atoms with Crippen molar-refractivity contribution in [3.05, 3.63) is 71.2 Å². The number of non-ortho nitro benzene ring substituents is 1. The smallest absolute Gasteiger partial charge is 0.269 e. The summed E-state index contributed by atoms with van der Waals surface area (Å²) in [6.07, 6.45) is 5.20. The molecule has 1 aromatic carbocycles. The molecule has 112 valence electrons. The van der Waals surface area contributed by atoms with Gasteiger partial charge in [-0.3, -0.25) is 15.1 Å². The Balaban J connectivity index is 1.87. The van der Waals surface area contributed by atoms with Crippen LogP contribution in [0, 0.1) is 10.1 Å². The van der Waals surface area contributed by atoms with Crippen LogP contribution >= 0.6 is 0 Å². The highest BCUT2D eigenvalue weighted by atomic mass is 16.6. The minimum absolute atomic E-state index is 0.0614. The monoisotopic (exact) mass is 305 g/mol. The SMILES string of the molecule is O=[N+]([O-])c1ccc(-c2ncc(-c3ccco3)c3[nH]ccc23)cc1. The first-order valence-electron chi connectivity index (χ1n) is 6.99. The van der Waals surface area contributed by atoms with Gasteiger partial charge in [0.25, 0.3) is 5.69 Å². The Bertz CT molecular complexity index is 986. The Hall–Kier alpha value is -3.41. The second kappa shape index (κ2) is 5.10. The highest BCUT2D eigenvalue weighted by Crippen LogP contribution is 2.33. The molecule has 1 N–H and O–H groups in total. The average molecular weight is 305 g/mol. The van der Waals surface area contributed by atoms with E-state index in [1.807, 2.05) is 24.4 Å². The molecule has 0 saturated carbocycles. The van der Waals surface area contributed by atoms with Crippen LogP contribution in [0.1, 0.15) is 0 Å². The number of H-pyrrole nitrogens is 1. The van der Waals surface area contributed by atoms with Crippen LogP contribution in [0.5, 0.6) is 0 Å². The molecule has 3 heterocycles. The van der Waals surface area contributed by atoms with Crippen LogP contribution in [0.3, 0.4) is 0 Å². The Morgan fingerprint density at radius 2 is 1.96 bits per heavy atom. The van der Waals surface area contributed by atoms with E-state index in [2.05, 4.69) is 9.97 Å². The van der Waals surface area contributed by atoms with Crippen molar-refractivity contribution in [3.63, 3.8) is 0 Å². The average Bonchev–Trinajstić information content (AvgIpc) is 3.25. The zero-order valence-electron chi connectivity index (χ0n) is 11.9. The van der Waals surface area contributed by atoms with Crippen molar-refractivity contribution in [2.45, 2.75) is 0 Å². The molecule has 0 unspecified atom stereocenters. The lowest BCUT2D eigenvalue weighted by Gasteiger charge is -2.06. The summed E-state index contributed by atoms with van der Waals surface area (Å²) in [7, 11) is 0. The third-order valence-corrected chi connectivity index (χ3v) is 3.73. The molecule has 4 rings (SSSR count). The van der Waals surface area contributed by atoms with Crippen molar-refractivity contribution in [3.8, 4) is 22.6 Å². The Morgan fingerprint density at radius 3 is 2.65 bits per heavy atom. The van der Waals surface area contributed by atoms with Gasteiger partial charge in [-0.2, -0.15) is 0 Å². The molecule has 0 saturated heterocycles. The van der Waals surface area contributed by atoms with Crippen LogP contribution in [0.4, 0.5) is 5.69 Å². The van der Waals surface area contributed by atoms with E-state index in [1.165, 1.54) is 12.1 Å². The van der Waals surface area contributed by atoms with Gasteiger partial charge in [0.2, 0.25) is 0 Å². The topological polar surface area (TPSA) is 85.0 Å². The minimum Gasteiger partial charge on any atom is -0.464 e. The normalized spacial score (nSPS) is 11.0. The fourth-order valence-corrected chi connectivity index (χ4v) is 2.64. The number of nitro benzene ring substituents is 1. The fourth-order valence-electron chi connectivity index (χ4n) is 2.64. The predicted molar refractivity (Wildman–Crippen MR) is 85.9 cm³/mol. The molecule has 0 spiro atoms. The summed E-state index contributed by atoms with van der Waals surface area (Å²) in [5, 5.41) is 11.7. The number of benzene rings is 1. The zero-order chi connectivity index (χ0) is 15.8. The van der Waals surface area contributed by atoms with Crippen molar-refractivity contribution in [1.82, 2.24) is 9.97 Å². The minimum atomic E-state index is -0.414. The Morgan fingerprint density at radius 1 is 1.13 bits per heavy atom. The number of aromatic amines is 1. The van der Waals surface area contributed by atoms with E-state index in [1.54, 1.807) is 24.6 Å². The maximum absolute atomic E-state index is 10.8. The highest BCUT2D eigenvalue weighted by molar-refractivity contribution is 6.00. The molecule has 0 aliphatic heterocycles. The van der Waals surface area contributed by atoms with Crippen LogP contribution in [-0.2, 0) is 0 Å². The molecule has 3 aromatic heterocycles. The van der Waals surface area contributed by atoms with Gasteiger partial charge in [0.1, 0.15) is 5.76 Å². The molecule has 0 fully saturated rings. The molecule has 6 nitrogen and oxygen atoms in total. The van der Waals surface area contributed by atoms with E-state index < -0.39 is 4.92 Å². The van der Waals surface area contributed by atoms with Gasteiger partial charge in [-0.1, -0.05) is 0 Å². The largest absolute Gasteiger partial charge is 0.464 e. The molecule has 0 aliphatic rings. The number of aromatic nitrogens is 2. The summed E-state index contributed by atoms with van der Waals surface area (Å²) >= 11 is 0.